The molecule has 1 N–H and O–H groups in total. The fraction of sp³-hybridized carbons (Fsp3) is 0.429. The van der Waals surface area contributed by atoms with Crippen LogP contribution in [0, 0.1) is 5.92 Å². The van der Waals surface area contributed by atoms with Crippen LogP contribution in [0.4, 0.5) is 0 Å². The summed E-state index contributed by atoms with van der Waals surface area (Å²) in [6.45, 7) is 0. The van der Waals surface area contributed by atoms with E-state index in [-0.39, 0.29) is 18.1 Å². The lowest BCUT2D eigenvalue weighted by atomic mass is 9.84. The van der Waals surface area contributed by atoms with Crippen molar-refractivity contribution in [2.45, 2.75) is 31.4 Å². The number of rotatable bonds is 2. The SMILES string of the molecule is O=C(O)C1CCC2OC(c3ccccc3Cl)=NC2C1. The van der Waals surface area contributed by atoms with Crippen LogP contribution < -0.4 is 0 Å². The largest absolute Gasteiger partial charge is 0.481 e. The van der Waals surface area contributed by atoms with Crippen LogP contribution in [0.15, 0.2) is 29.3 Å². The highest BCUT2D eigenvalue weighted by atomic mass is 35.5. The second kappa shape index (κ2) is 4.85. The second-order valence-electron chi connectivity index (χ2n) is 4.99. The number of aliphatic carboxylic acids is 1. The summed E-state index contributed by atoms with van der Waals surface area (Å²) in [4.78, 5) is 15.6. The molecule has 1 saturated carbocycles. The molecule has 5 heteroatoms. The van der Waals surface area contributed by atoms with Crippen LogP contribution in [0.3, 0.4) is 0 Å². The predicted octanol–water partition coefficient (Wildman–Crippen LogP) is 2.74. The van der Waals surface area contributed by atoms with Crippen molar-refractivity contribution >= 4 is 23.5 Å². The lowest BCUT2D eigenvalue weighted by Gasteiger charge is -2.26. The summed E-state index contributed by atoms with van der Waals surface area (Å²) < 4.78 is 5.83. The minimum Gasteiger partial charge on any atom is -0.481 e. The molecular formula is C14H14ClNO3. The minimum absolute atomic E-state index is 0.00173. The Labute approximate surface area is 116 Å². The summed E-state index contributed by atoms with van der Waals surface area (Å²) in [5, 5.41) is 9.68. The number of hydrogen-bond donors (Lipinski definition) is 1. The first kappa shape index (κ1) is 12.5. The van der Waals surface area contributed by atoms with Crippen molar-refractivity contribution in [3.05, 3.63) is 34.9 Å². The average molecular weight is 280 g/mol. The molecule has 0 spiro atoms. The lowest BCUT2D eigenvalue weighted by Crippen LogP contribution is -2.33. The number of aliphatic imine (C=N–C) groups is 1. The summed E-state index contributed by atoms with van der Waals surface area (Å²) in [6, 6.07) is 7.35. The predicted molar refractivity (Wildman–Crippen MR) is 71.6 cm³/mol. The Hall–Kier alpha value is -1.55. The van der Waals surface area contributed by atoms with Gasteiger partial charge in [0.1, 0.15) is 6.10 Å². The topological polar surface area (TPSA) is 58.9 Å². The first-order valence-electron chi connectivity index (χ1n) is 6.37. The molecule has 0 aromatic heterocycles. The Kier molecular flexibility index (Phi) is 3.19. The van der Waals surface area contributed by atoms with E-state index in [1.165, 1.54) is 0 Å². The molecule has 1 aromatic rings. The van der Waals surface area contributed by atoms with E-state index in [1.807, 2.05) is 18.2 Å². The van der Waals surface area contributed by atoms with Crippen LogP contribution in [-0.4, -0.2) is 29.1 Å². The third kappa shape index (κ3) is 2.32. The molecule has 19 heavy (non-hydrogen) atoms. The third-order valence-corrected chi connectivity index (χ3v) is 4.08. The number of hydrogen-bond acceptors (Lipinski definition) is 3. The fourth-order valence-electron chi connectivity index (χ4n) is 2.71. The van der Waals surface area contributed by atoms with E-state index in [0.29, 0.717) is 23.8 Å². The maximum Gasteiger partial charge on any atom is 0.306 e. The maximum atomic E-state index is 11.0. The molecule has 3 unspecified atom stereocenters. The zero-order valence-electron chi connectivity index (χ0n) is 10.3. The Bertz CT molecular complexity index is 543. The molecule has 3 rings (SSSR count). The van der Waals surface area contributed by atoms with E-state index >= 15 is 0 Å². The monoisotopic (exact) mass is 279 g/mol. The van der Waals surface area contributed by atoms with E-state index in [4.69, 9.17) is 21.4 Å². The Balaban J connectivity index is 1.82. The number of fused-ring (bicyclic) bond motifs is 1. The van der Waals surface area contributed by atoms with Gasteiger partial charge in [0.25, 0.3) is 0 Å². The average Bonchev–Trinajstić information content (AvgIpc) is 2.81. The van der Waals surface area contributed by atoms with Gasteiger partial charge < -0.3 is 9.84 Å². The molecule has 1 aromatic carbocycles. The highest BCUT2D eigenvalue weighted by Crippen LogP contribution is 2.34. The van der Waals surface area contributed by atoms with E-state index < -0.39 is 5.97 Å². The Morgan fingerprint density at radius 3 is 2.89 bits per heavy atom. The highest BCUT2D eigenvalue weighted by molar-refractivity contribution is 6.33. The van der Waals surface area contributed by atoms with Crippen molar-refractivity contribution in [3.63, 3.8) is 0 Å². The van der Waals surface area contributed by atoms with Gasteiger partial charge in [-0.2, -0.15) is 0 Å². The fourth-order valence-corrected chi connectivity index (χ4v) is 2.93. The van der Waals surface area contributed by atoms with Crippen LogP contribution in [0.5, 0.6) is 0 Å². The first-order valence-corrected chi connectivity index (χ1v) is 6.75. The molecule has 0 bridgehead atoms. The van der Waals surface area contributed by atoms with Crippen LogP contribution in [0.2, 0.25) is 5.02 Å². The van der Waals surface area contributed by atoms with E-state index in [1.54, 1.807) is 6.07 Å². The summed E-state index contributed by atoms with van der Waals surface area (Å²) in [6.07, 6.45) is 1.94. The standard InChI is InChI=1S/C14H14ClNO3/c15-10-4-2-1-3-9(10)13-16-11-7-8(14(17)18)5-6-12(11)19-13/h1-4,8,11-12H,5-7H2,(H,17,18). The van der Waals surface area contributed by atoms with Crippen LogP contribution in [0.25, 0.3) is 0 Å². The molecule has 3 atom stereocenters. The smallest absolute Gasteiger partial charge is 0.306 e. The van der Waals surface area contributed by atoms with Gasteiger partial charge >= 0.3 is 5.97 Å². The van der Waals surface area contributed by atoms with Gasteiger partial charge in [-0.3, -0.25) is 4.79 Å². The molecule has 0 saturated heterocycles. The summed E-state index contributed by atoms with van der Waals surface area (Å²) >= 11 is 6.13. The van der Waals surface area contributed by atoms with Crippen LogP contribution in [-0.2, 0) is 9.53 Å². The number of ether oxygens (including phenoxy) is 1. The van der Waals surface area contributed by atoms with Gasteiger partial charge in [0, 0.05) is 0 Å². The number of benzene rings is 1. The number of carboxylic acid groups (broad SMARTS) is 1. The quantitative estimate of drug-likeness (QED) is 0.905. The number of carbonyl (C=O) groups is 1. The zero-order valence-corrected chi connectivity index (χ0v) is 11.0. The van der Waals surface area contributed by atoms with Crippen molar-refractivity contribution in [1.82, 2.24) is 0 Å². The van der Waals surface area contributed by atoms with Gasteiger partial charge in [-0.25, -0.2) is 4.99 Å². The zero-order chi connectivity index (χ0) is 13.4. The van der Waals surface area contributed by atoms with Crippen molar-refractivity contribution in [1.29, 1.82) is 0 Å². The Morgan fingerprint density at radius 1 is 1.37 bits per heavy atom. The Morgan fingerprint density at radius 2 is 2.16 bits per heavy atom. The van der Waals surface area contributed by atoms with Crippen molar-refractivity contribution in [2.75, 3.05) is 0 Å². The van der Waals surface area contributed by atoms with Gasteiger partial charge in [0.05, 0.1) is 22.5 Å². The van der Waals surface area contributed by atoms with Gasteiger partial charge in [0.15, 0.2) is 0 Å². The van der Waals surface area contributed by atoms with Crippen LogP contribution in [0.1, 0.15) is 24.8 Å². The molecule has 0 amide bonds. The molecule has 0 radical (unpaired) electrons. The van der Waals surface area contributed by atoms with Gasteiger partial charge in [0.2, 0.25) is 5.90 Å². The third-order valence-electron chi connectivity index (χ3n) is 3.75. The summed E-state index contributed by atoms with van der Waals surface area (Å²) in [7, 11) is 0. The van der Waals surface area contributed by atoms with Gasteiger partial charge in [-0.15, -0.1) is 0 Å². The number of nitrogens with zero attached hydrogens (tertiary/aromatic N) is 1. The lowest BCUT2D eigenvalue weighted by molar-refractivity contribution is -0.143. The highest BCUT2D eigenvalue weighted by Gasteiger charge is 2.39. The molecule has 1 fully saturated rings. The second-order valence-corrected chi connectivity index (χ2v) is 5.39. The summed E-state index contributed by atoms with van der Waals surface area (Å²) in [5.74, 6) is -0.495. The molecule has 1 heterocycles. The molecule has 4 nitrogen and oxygen atoms in total. The molecule has 1 aliphatic carbocycles. The van der Waals surface area contributed by atoms with Crippen LogP contribution >= 0.6 is 11.6 Å². The summed E-state index contributed by atoms with van der Waals surface area (Å²) in [5.41, 5.74) is 0.783. The maximum absolute atomic E-state index is 11.0. The minimum atomic E-state index is -0.736. The van der Waals surface area contributed by atoms with E-state index in [9.17, 15) is 4.79 Å². The number of halogens is 1. The molecule has 1 aliphatic heterocycles. The molecular weight excluding hydrogens is 266 g/mol. The van der Waals surface area contributed by atoms with Gasteiger partial charge in [-0.1, -0.05) is 23.7 Å². The molecule has 100 valence electrons. The first-order chi connectivity index (χ1) is 9.15. The van der Waals surface area contributed by atoms with E-state index in [2.05, 4.69) is 4.99 Å². The normalized spacial score (nSPS) is 29.3. The van der Waals surface area contributed by atoms with Gasteiger partial charge in [-0.05, 0) is 31.4 Å². The molecule has 2 aliphatic rings. The van der Waals surface area contributed by atoms with Crippen molar-refractivity contribution in [2.24, 2.45) is 10.9 Å². The van der Waals surface area contributed by atoms with Crippen molar-refractivity contribution in [3.8, 4) is 0 Å². The van der Waals surface area contributed by atoms with Crippen molar-refractivity contribution < 1.29 is 14.6 Å². The number of carboxylic acids is 1. The van der Waals surface area contributed by atoms with E-state index in [0.717, 1.165) is 12.0 Å².